The van der Waals surface area contributed by atoms with Gasteiger partial charge >= 0.3 is 0 Å². The van der Waals surface area contributed by atoms with Crippen molar-refractivity contribution >= 4 is 27.3 Å². The minimum absolute atomic E-state index is 0.0299. The first-order valence-electron chi connectivity index (χ1n) is 5.50. The Kier molecular flexibility index (Phi) is 5.05. The predicted octanol–water partition coefficient (Wildman–Crippen LogP) is 2.03. The van der Waals surface area contributed by atoms with E-state index in [1.54, 1.807) is 6.92 Å². The molecule has 108 valence electrons. The van der Waals surface area contributed by atoms with Gasteiger partial charge in [-0.15, -0.1) is 0 Å². The first-order chi connectivity index (χ1) is 9.20. The van der Waals surface area contributed by atoms with Gasteiger partial charge in [0.2, 0.25) is 10.0 Å². The topological polar surface area (TPSA) is 104 Å². The number of nitriles is 1. The smallest absolute Gasteiger partial charge is 0.258 e. The van der Waals surface area contributed by atoms with E-state index in [1.807, 2.05) is 6.07 Å². The van der Waals surface area contributed by atoms with Crippen LogP contribution in [0, 0.1) is 27.4 Å². The van der Waals surface area contributed by atoms with Crippen LogP contribution in [0.25, 0.3) is 0 Å². The Bertz CT molecular complexity index is 669. The van der Waals surface area contributed by atoms with Crippen LogP contribution in [0.2, 0.25) is 5.02 Å². The summed E-state index contributed by atoms with van der Waals surface area (Å²) in [4.78, 5) is 9.65. The minimum atomic E-state index is -3.98. The van der Waals surface area contributed by atoms with Gasteiger partial charge in [-0.05, 0) is 13.0 Å². The Morgan fingerprint density at radius 1 is 1.55 bits per heavy atom. The van der Waals surface area contributed by atoms with E-state index in [4.69, 9.17) is 16.9 Å². The minimum Gasteiger partial charge on any atom is -0.258 e. The lowest BCUT2D eigenvalue weighted by molar-refractivity contribution is -0.385. The maximum Gasteiger partial charge on any atom is 0.270 e. The second kappa shape index (κ2) is 6.17. The molecular weight excluding hydrogens is 306 g/mol. The van der Waals surface area contributed by atoms with Crippen molar-refractivity contribution in [3.8, 4) is 6.07 Å². The standard InChI is InChI=1S/C11H12ClN3O4S/c1-8(6-13)7-14(2)20(18,19)11-5-9(15(16)17)3-4-10(11)12/h3-5,8H,7H2,1-2H3. The van der Waals surface area contributed by atoms with Crippen molar-refractivity contribution in [1.82, 2.24) is 4.31 Å². The van der Waals surface area contributed by atoms with E-state index in [2.05, 4.69) is 0 Å². The number of benzene rings is 1. The van der Waals surface area contributed by atoms with Crippen LogP contribution in [-0.2, 0) is 10.0 Å². The summed E-state index contributed by atoms with van der Waals surface area (Å²) in [7, 11) is -2.69. The molecule has 1 aromatic carbocycles. The molecule has 9 heteroatoms. The molecule has 20 heavy (non-hydrogen) atoms. The molecule has 0 aliphatic carbocycles. The summed E-state index contributed by atoms with van der Waals surface area (Å²) < 4.78 is 25.5. The van der Waals surface area contributed by atoms with Crippen molar-refractivity contribution in [2.24, 2.45) is 5.92 Å². The highest BCUT2D eigenvalue weighted by molar-refractivity contribution is 7.89. The number of rotatable bonds is 5. The largest absolute Gasteiger partial charge is 0.270 e. The van der Waals surface area contributed by atoms with Crippen LogP contribution in [0.1, 0.15) is 6.92 Å². The van der Waals surface area contributed by atoms with E-state index in [9.17, 15) is 18.5 Å². The number of halogens is 1. The summed E-state index contributed by atoms with van der Waals surface area (Å²) in [5.74, 6) is -0.507. The average Bonchev–Trinajstić information content (AvgIpc) is 2.38. The molecule has 0 bridgehead atoms. The van der Waals surface area contributed by atoms with Gasteiger partial charge in [-0.3, -0.25) is 10.1 Å². The second-order valence-corrected chi connectivity index (χ2v) is 6.61. The van der Waals surface area contributed by atoms with Crippen LogP contribution in [0.15, 0.2) is 23.1 Å². The van der Waals surface area contributed by atoms with Crippen molar-refractivity contribution < 1.29 is 13.3 Å². The third kappa shape index (κ3) is 3.45. The van der Waals surface area contributed by atoms with Gasteiger partial charge < -0.3 is 0 Å². The Balaban J connectivity index is 3.25. The Labute approximate surface area is 121 Å². The predicted molar refractivity (Wildman–Crippen MR) is 72.7 cm³/mol. The van der Waals surface area contributed by atoms with E-state index in [1.165, 1.54) is 7.05 Å². The maximum absolute atomic E-state index is 12.3. The fourth-order valence-electron chi connectivity index (χ4n) is 1.50. The Morgan fingerprint density at radius 3 is 2.65 bits per heavy atom. The molecule has 0 radical (unpaired) electrons. The van der Waals surface area contributed by atoms with Gasteiger partial charge in [0.1, 0.15) is 4.90 Å². The van der Waals surface area contributed by atoms with Gasteiger partial charge in [0, 0.05) is 25.7 Å². The van der Waals surface area contributed by atoms with Crippen molar-refractivity contribution in [2.45, 2.75) is 11.8 Å². The van der Waals surface area contributed by atoms with Gasteiger partial charge in [0.05, 0.1) is 21.9 Å². The maximum atomic E-state index is 12.3. The van der Waals surface area contributed by atoms with E-state index < -0.39 is 20.9 Å². The van der Waals surface area contributed by atoms with Crippen molar-refractivity contribution in [2.75, 3.05) is 13.6 Å². The number of sulfonamides is 1. The Morgan fingerprint density at radius 2 is 2.15 bits per heavy atom. The summed E-state index contributed by atoms with van der Waals surface area (Å²) in [6, 6.07) is 5.11. The van der Waals surface area contributed by atoms with Crippen LogP contribution in [-0.4, -0.2) is 31.2 Å². The van der Waals surface area contributed by atoms with Crippen molar-refractivity contribution in [3.05, 3.63) is 33.3 Å². The molecule has 0 aliphatic rings. The van der Waals surface area contributed by atoms with Crippen molar-refractivity contribution in [1.29, 1.82) is 5.26 Å². The fourth-order valence-corrected chi connectivity index (χ4v) is 3.25. The molecule has 7 nitrogen and oxygen atoms in total. The third-order valence-electron chi connectivity index (χ3n) is 2.57. The molecule has 1 atom stereocenters. The summed E-state index contributed by atoms with van der Waals surface area (Å²) in [5, 5.41) is 19.3. The third-order valence-corrected chi connectivity index (χ3v) is 4.87. The average molecular weight is 318 g/mol. The highest BCUT2D eigenvalue weighted by Crippen LogP contribution is 2.28. The normalized spacial score (nSPS) is 12.9. The number of nitrogens with zero attached hydrogens (tertiary/aromatic N) is 3. The number of non-ortho nitro benzene ring substituents is 1. The molecule has 0 heterocycles. The number of hydrogen-bond acceptors (Lipinski definition) is 5. The van der Waals surface area contributed by atoms with Crippen LogP contribution in [0.4, 0.5) is 5.69 Å². The SMILES string of the molecule is CC(C#N)CN(C)S(=O)(=O)c1cc([N+](=O)[O-])ccc1Cl. The van der Waals surface area contributed by atoms with E-state index in [0.29, 0.717) is 0 Å². The summed E-state index contributed by atoms with van der Waals surface area (Å²) in [5.41, 5.74) is -0.366. The van der Waals surface area contributed by atoms with Gasteiger partial charge in [-0.25, -0.2) is 8.42 Å². The molecule has 0 spiro atoms. The monoisotopic (exact) mass is 317 g/mol. The van der Waals surface area contributed by atoms with Gasteiger partial charge in [0.15, 0.2) is 0 Å². The first kappa shape index (κ1) is 16.4. The van der Waals surface area contributed by atoms with Gasteiger partial charge in [-0.2, -0.15) is 9.57 Å². The van der Waals surface area contributed by atoms with Crippen molar-refractivity contribution in [3.63, 3.8) is 0 Å². The van der Waals surface area contributed by atoms with Crippen LogP contribution >= 0.6 is 11.6 Å². The molecule has 0 fully saturated rings. The lowest BCUT2D eigenvalue weighted by Gasteiger charge is -2.18. The number of nitro groups is 1. The molecule has 0 amide bonds. The zero-order valence-corrected chi connectivity index (χ0v) is 12.3. The van der Waals surface area contributed by atoms with E-state index >= 15 is 0 Å². The van der Waals surface area contributed by atoms with E-state index in [-0.39, 0.29) is 22.2 Å². The van der Waals surface area contributed by atoms with E-state index in [0.717, 1.165) is 22.5 Å². The number of hydrogen-bond donors (Lipinski definition) is 0. The quantitative estimate of drug-likeness (QED) is 0.610. The molecule has 0 aliphatic heterocycles. The van der Waals surface area contributed by atoms with Gasteiger partial charge in [-0.1, -0.05) is 11.6 Å². The molecule has 0 saturated heterocycles. The molecule has 1 rings (SSSR count). The fraction of sp³-hybridized carbons (Fsp3) is 0.364. The molecule has 0 N–H and O–H groups in total. The highest BCUT2D eigenvalue weighted by atomic mass is 35.5. The zero-order chi connectivity index (χ0) is 15.5. The van der Waals surface area contributed by atoms with Crippen LogP contribution in [0.3, 0.4) is 0 Å². The molecule has 0 aromatic heterocycles. The van der Waals surface area contributed by atoms with Crippen LogP contribution in [0.5, 0.6) is 0 Å². The lowest BCUT2D eigenvalue weighted by atomic mass is 10.2. The summed E-state index contributed by atoms with van der Waals surface area (Å²) in [6.07, 6.45) is 0. The van der Waals surface area contributed by atoms with Crippen LogP contribution < -0.4 is 0 Å². The molecule has 1 unspecified atom stereocenters. The first-order valence-corrected chi connectivity index (χ1v) is 7.32. The van der Waals surface area contributed by atoms with Gasteiger partial charge in [0.25, 0.3) is 5.69 Å². The Hall–Kier alpha value is -1.69. The lowest BCUT2D eigenvalue weighted by Crippen LogP contribution is -2.31. The highest BCUT2D eigenvalue weighted by Gasteiger charge is 2.27. The molecule has 1 aromatic rings. The summed E-state index contributed by atoms with van der Waals surface area (Å²) >= 11 is 5.81. The molecular formula is C11H12ClN3O4S. The number of nitro benzene ring substituents is 1. The summed E-state index contributed by atoms with van der Waals surface area (Å²) in [6.45, 7) is 1.54. The molecule has 0 saturated carbocycles. The second-order valence-electron chi connectivity index (χ2n) is 4.19. The zero-order valence-electron chi connectivity index (χ0n) is 10.8.